The lowest BCUT2D eigenvalue weighted by Crippen LogP contribution is -2.24. The molecule has 14 heavy (non-hydrogen) atoms. The highest BCUT2D eigenvalue weighted by Gasteiger charge is 2.15. The predicted molar refractivity (Wildman–Crippen MR) is 63.2 cm³/mol. The van der Waals surface area contributed by atoms with Gasteiger partial charge in [0.15, 0.2) is 0 Å². The Morgan fingerprint density at radius 3 is 2.79 bits per heavy atom. The van der Waals surface area contributed by atoms with E-state index in [4.69, 9.17) is 11.6 Å². The molecule has 2 rings (SSSR count). The van der Waals surface area contributed by atoms with E-state index in [9.17, 15) is 0 Å². The highest BCUT2D eigenvalue weighted by Crippen LogP contribution is 2.27. The molecule has 1 N–H and O–H groups in total. The summed E-state index contributed by atoms with van der Waals surface area (Å²) in [6.45, 7) is 3.01. The van der Waals surface area contributed by atoms with Gasteiger partial charge < -0.3 is 5.32 Å². The summed E-state index contributed by atoms with van der Waals surface area (Å²) in [5.41, 5.74) is 1.21. The van der Waals surface area contributed by atoms with Crippen molar-refractivity contribution in [3.8, 4) is 0 Å². The quantitative estimate of drug-likeness (QED) is 0.833. The van der Waals surface area contributed by atoms with E-state index in [1.807, 2.05) is 0 Å². The van der Waals surface area contributed by atoms with Crippen molar-refractivity contribution in [1.82, 2.24) is 5.32 Å². The molecular formula is C11H16ClNS. The molecule has 0 spiro atoms. The zero-order valence-electron chi connectivity index (χ0n) is 8.48. The average Bonchev–Trinajstić information content (AvgIpc) is 2.77. The third-order valence-electron chi connectivity index (χ3n) is 2.88. The van der Waals surface area contributed by atoms with Gasteiger partial charge in [0.25, 0.3) is 0 Å². The maximum Gasteiger partial charge on any atom is 0.0587 e. The summed E-state index contributed by atoms with van der Waals surface area (Å²) >= 11 is 7.93. The molecule has 1 heterocycles. The van der Waals surface area contributed by atoms with Crippen LogP contribution in [0.5, 0.6) is 0 Å². The molecule has 1 nitrogen and oxygen atoms in total. The van der Waals surface area contributed by atoms with Crippen molar-refractivity contribution >= 4 is 22.9 Å². The number of rotatable bonds is 3. The first kappa shape index (κ1) is 10.5. The molecule has 0 aromatic carbocycles. The smallest absolute Gasteiger partial charge is 0.0587 e. The lowest BCUT2D eigenvalue weighted by atomic mass is 10.2. The lowest BCUT2D eigenvalue weighted by Gasteiger charge is -2.10. The first-order valence-corrected chi connectivity index (χ1v) is 6.49. The minimum Gasteiger partial charge on any atom is -0.309 e. The van der Waals surface area contributed by atoms with Crippen LogP contribution >= 0.6 is 22.9 Å². The molecule has 0 radical (unpaired) electrons. The lowest BCUT2D eigenvalue weighted by molar-refractivity contribution is 0.527. The topological polar surface area (TPSA) is 12.0 Å². The van der Waals surface area contributed by atoms with E-state index in [2.05, 4.69) is 17.6 Å². The minimum atomic E-state index is 0.730. The first-order chi connectivity index (χ1) is 6.77. The molecule has 3 heteroatoms. The van der Waals surface area contributed by atoms with Gasteiger partial charge in [-0.3, -0.25) is 0 Å². The summed E-state index contributed by atoms with van der Waals surface area (Å²) in [4.78, 5) is 1.29. The van der Waals surface area contributed by atoms with E-state index in [1.165, 1.54) is 36.1 Å². The molecule has 0 saturated heterocycles. The molecular weight excluding hydrogens is 214 g/mol. The van der Waals surface area contributed by atoms with Gasteiger partial charge in [0, 0.05) is 17.5 Å². The molecule has 1 aliphatic rings. The van der Waals surface area contributed by atoms with Crippen LogP contribution in [0.3, 0.4) is 0 Å². The van der Waals surface area contributed by atoms with Gasteiger partial charge in [-0.15, -0.1) is 11.3 Å². The molecule has 0 amide bonds. The van der Waals surface area contributed by atoms with Crippen LogP contribution < -0.4 is 5.32 Å². The largest absolute Gasteiger partial charge is 0.309 e. The molecule has 0 aliphatic heterocycles. The van der Waals surface area contributed by atoms with Crippen molar-refractivity contribution in [2.75, 3.05) is 0 Å². The van der Waals surface area contributed by atoms with Crippen LogP contribution in [0.2, 0.25) is 5.02 Å². The zero-order chi connectivity index (χ0) is 9.97. The van der Waals surface area contributed by atoms with Gasteiger partial charge in [-0.25, -0.2) is 0 Å². The summed E-state index contributed by atoms with van der Waals surface area (Å²) in [6.07, 6.45) is 5.44. The van der Waals surface area contributed by atoms with Gasteiger partial charge in [-0.2, -0.15) is 0 Å². The average molecular weight is 230 g/mol. The van der Waals surface area contributed by atoms with Crippen LogP contribution in [-0.2, 0) is 6.54 Å². The van der Waals surface area contributed by atoms with Gasteiger partial charge in [-0.05, 0) is 30.7 Å². The fourth-order valence-electron chi connectivity index (χ4n) is 1.97. The van der Waals surface area contributed by atoms with Crippen LogP contribution in [0.15, 0.2) is 5.38 Å². The van der Waals surface area contributed by atoms with Crippen LogP contribution in [-0.4, -0.2) is 6.04 Å². The molecule has 1 aromatic heterocycles. The Morgan fingerprint density at radius 2 is 2.21 bits per heavy atom. The Labute approximate surface area is 94.5 Å². The van der Waals surface area contributed by atoms with Crippen molar-refractivity contribution in [1.29, 1.82) is 0 Å². The van der Waals surface area contributed by atoms with E-state index >= 15 is 0 Å². The van der Waals surface area contributed by atoms with E-state index in [0.29, 0.717) is 0 Å². The van der Waals surface area contributed by atoms with Gasteiger partial charge >= 0.3 is 0 Å². The minimum absolute atomic E-state index is 0.730. The fourth-order valence-corrected chi connectivity index (χ4v) is 3.16. The maximum absolute atomic E-state index is 6.16. The van der Waals surface area contributed by atoms with Crippen LogP contribution in [0.1, 0.15) is 36.1 Å². The molecule has 1 aliphatic carbocycles. The van der Waals surface area contributed by atoms with E-state index in [0.717, 1.165) is 17.6 Å². The summed E-state index contributed by atoms with van der Waals surface area (Å²) in [6, 6.07) is 0.730. The Hall–Kier alpha value is -0.0500. The second-order valence-corrected chi connectivity index (χ2v) is 5.36. The number of hydrogen-bond acceptors (Lipinski definition) is 2. The number of halogens is 1. The van der Waals surface area contributed by atoms with Crippen LogP contribution in [0.4, 0.5) is 0 Å². The molecule has 0 atom stereocenters. The third-order valence-corrected chi connectivity index (χ3v) is 4.62. The SMILES string of the molecule is Cc1csc(CNC2CCCC2)c1Cl. The fraction of sp³-hybridized carbons (Fsp3) is 0.636. The van der Waals surface area contributed by atoms with Crippen molar-refractivity contribution in [3.63, 3.8) is 0 Å². The Bertz CT molecular complexity index is 302. The second-order valence-electron chi connectivity index (χ2n) is 4.02. The monoisotopic (exact) mass is 229 g/mol. The summed E-state index contributed by atoms with van der Waals surface area (Å²) in [5.74, 6) is 0. The van der Waals surface area contributed by atoms with E-state index in [1.54, 1.807) is 11.3 Å². The van der Waals surface area contributed by atoms with Gasteiger partial charge in [0.2, 0.25) is 0 Å². The molecule has 1 saturated carbocycles. The van der Waals surface area contributed by atoms with E-state index in [-0.39, 0.29) is 0 Å². The Balaban J connectivity index is 1.88. The molecule has 78 valence electrons. The van der Waals surface area contributed by atoms with Crippen molar-refractivity contribution in [2.24, 2.45) is 0 Å². The van der Waals surface area contributed by atoms with Crippen molar-refractivity contribution in [2.45, 2.75) is 45.2 Å². The molecule has 1 aromatic rings. The van der Waals surface area contributed by atoms with Crippen LogP contribution in [0.25, 0.3) is 0 Å². The standard InChI is InChI=1S/C11H16ClNS/c1-8-7-14-10(11(8)12)6-13-9-4-2-3-5-9/h7,9,13H,2-6H2,1H3. The third kappa shape index (κ3) is 2.30. The van der Waals surface area contributed by atoms with Gasteiger partial charge in [0.05, 0.1) is 5.02 Å². The summed E-state index contributed by atoms with van der Waals surface area (Å²) in [5, 5.41) is 6.67. The Morgan fingerprint density at radius 1 is 1.50 bits per heavy atom. The number of thiophene rings is 1. The Kier molecular flexibility index (Phi) is 3.47. The molecule has 1 fully saturated rings. The van der Waals surface area contributed by atoms with E-state index < -0.39 is 0 Å². The summed E-state index contributed by atoms with van der Waals surface area (Å²) in [7, 11) is 0. The molecule has 0 unspecified atom stereocenters. The number of hydrogen-bond donors (Lipinski definition) is 1. The van der Waals surface area contributed by atoms with Gasteiger partial charge in [0.1, 0.15) is 0 Å². The highest BCUT2D eigenvalue weighted by molar-refractivity contribution is 7.10. The second kappa shape index (κ2) is 4.65. The summed E-state index contributed by atoms with van der Waals surface area (Å²) < 4.78 is 0. The molecule has 0 bridgehead atoms. The maximum atomic E-state index is 6.16. The highest BCUT2D eigenvalue weighted by atomic mass is 35.5. The first-order valence-electron chi connectivity index (χ1n) is 5.23. The normalized spacial score (nSPS) is 17.9. The van der Waals surface area contributed by atoms with Crippen molar-refractivity contribution in [3.05, 3.63) is 20.8 Å². The zero-order valence-corrected chi connectivity index (χ0v) is 10.0. The number of nitrogens with one attached hydrogen (secondary N) is 1. The van der Waals surface area contributed by atoms with Gasteiger partial charge in [-0.1, -0.05) is 24.4 Å². The predicted octanol–water partition coefficient (Wildman–Crippen LogP) is 3.74. The van der Waals surface area contributed by atoms with Crippen molar-refractivity contribution < 1.29 is 0 Å². The number of aryl methyl sites for hydroxylation is 1. The van der Waals surface area contributed by atoms with Crippen LogP contribution in [0, 0.1) is 6.92 Å².